The number of aryl methyl sites for hydroxylation is 1. The number of hydrogen-bond acceptors (Lipinski definition) is 6. The first-order valence-corrected chi connectivity index (χ1v) is 6.49. The average Bonchev–Trinajstić information content (AvgIpc) is 2.85. The van der Waals surface area contributed by atoms with Crippen LogP contribution >= 0.6 is 0 Å². The zero-order valence-corrected chi connectivity index (χ0v) is 11.9. The van der Waals surface area contributed by atoms with Gasteiger partial charge in [-0.25, -0.2) is 0 Å². The summed E-state index contributed by atoms with van der Waals surface area (Å²) in [7, 11) is 1.60. The van der Waals surface area contributed by atoms with Gasteiger partial charge in [0, 0.05) is 24.6 Å². The van der Waals surface area contributed by atoms with Crippen molar-refractivity contribution in [1.82, 2.24) is 15.5 Å². The predicted octanol–water partition coefficient (Wildman–Crippen LogP) is 1.99. The van der Waals surface area contributed by atoms with Crippen LogP contribution in [0.1, 0.15) is 30.2 Å². The Morgan fingerprint density at radius 3 is 2.90 bits per heavy atom. The molecule has 20 heavy (non-hydrogen) atoms. The third-order valence-corrected chi connectivity index (χ3v) is 3.06. The van der Waals surface area contributed by atoms with Crippen molar-refractivity contribution < 1.29 is 14.4 Å². The highest BCUT2D eigenvalue weighted by molar-refractivity contribution is 5.41. The maximum Gasteiger partial charge on any atom is 0.227 e. The first-order valence-electron chi connectivity index (χ1n) is 6.49. The number of ether oxygens (including phenoxy) is 1. The number of hydrogen-bond donors (Lipinski definition) is 2. The largest absolute Gasteiger partial charge is 0.508 e. The number of rotatable bonds is 6. The number of methoxy groups -OCH3 is 1. The minimum Gasteiger partial charge on any atom is -0.508 e. The lowest BCUT2D eigenvalue weighted by Crippen LogP contribution is -2.21. The van der Waals surface area contributed by atoms with Crippen molar-refractivity contribution in [2.75, 3.05) is 13.7 Å². The van der Waals surface area contributed by atoms with Crippen LogP contribution in [0.4, 0.5) is 0 Å². The molecule has 0 bridgehead atoms. The summed E-state index contributed by atoms with van der Waals surface area (Å²) in [5.74, 6) is 2.22. The molecule has 0 radical (unpaired) electrons. The van der Waals surface area contributed by atoms with Crippen molar-refractivity contribution in [3.8, 4) is 11.5 Å². The van der Waals surface area contributed by atoms with Crippen LogP contribution in [-0.2, 0) is 6.42 Å². The van der Waals surface area contributed by atoms with Crippen molar-refractivity contribution in [2.45, 2.75) is 26.3 Å². The number of aromatic nitrogens is 2. The van der Waals surface area contributed by atoms with Gasteiger partial charge in [0.15, 0.2) is 5.82 Å². The Morgan fingerprint density at radius 1 is 1.45 bits per heavy atom. The van der Waals surface area contributed by atoms with Crippen LogP contribution in [0, 0.1) is 6.92 Å². The molecule has 1 heterocycles. The molecular weight excluding hydrogens is 258 g/mol. The zero-order chi connectivity index (χ0) is 14.5. The zero-order valence-electron chi connectivity index (χ0n) is 11.9. The van der Waals surface area contributed by atoms with Gasteiger partial charge in [0.1, 0.15) is 11.5 Å². The second-order valence-corrected chi connectivity index (χ2v) is 4.59. The summed E-state index contributed by atoms with van der Waals surface area (Å²) >= 11 is 0. The second kappa shape index (κ2) is 6.38. The summed E-state index contributed by atoms with van der Waals surface area (Å²) in [5.41, 5.74) is 0.797. The molecule has 2 N–H and O–H groups in total. The maximum atomic E-state index is 9.88. The highest BCUT2D eigenvalue weighted by atomic mass is 16.5. The normalized spacial score (nSPS) is 12.3. The summed E-state index contributed by atoms with van der Waals surface area (Å²) in [6, 6.07) is 5.18. The molecule has 0 saturated carbocycles. The molecule has 0 saturated heterocycles. The van der Waals surface area contributed by atoms with E-state index in [1.165, 1.54) is 0 Å². The second-order valence-electron chi connectivity index (χ2n) is 4.59. The molecular formula is C14H19N3O3. The van der Waals surface area contributed by atoms with Crippen molar-refractivity contribution in [1.29, 1.82) is 0 Å². The fourth-order valence-electron chi connectivity index (χ4n) is 1.95. The van der Waals surface area contributed by atoms with Crippen LogP contribution in [0.25, 0.3) is 0 Å². The molecule has 0 aliphatic carbocycles. The molecule has 1 atom stereocenters. The minimum absolute atomic E-state index is 0.00545. The van der Waals surface area contributed by atoms with Crippen LogP contribution in [0.2, 0.25) is 0 Å². The minimum atomic E-state index is -0.00545. The Morgan fingerprint density at radius 2 is 2.25 bits per heavy atom. The van der Waals surface area contributed by atoms with Gasteiger partial charge >= 0.3 is 0 Å². The van der Waals surface area contributed by atoms with Crippen molar-refractivity contribution in [3.05, 3.63) is 35.5 Å². The van der Waals surface area contributed by atoms with Crippen LogP contribution in [0.5, 0.6) is 11.5 Å². The van der Waals surface area contributed by atoms with E-state index in [0.29, 0.717) is 24.7 Å². The van der Waals surface area contributed by atoms with E-state index in [1.54, 1.807) is 26.2 Å². The number of phenols is 1. The maximum absolute atomic E-state index is 9.88. The SMILES string of the molecule is COc1ccc(O)c(C(C)NCCc2nc(C)no2)c1. The third kappa shape index (κ3) is 3.48. The Bertz CT molecular complexity index is 569. The van der Waals surface area contributed by atoms with Gasteiger partial charge in [-0.15, -0.1) is 0 Å². The standard InChI is InChI=1S/C14H19N3O3/c1-9(12-8-11(19-3)4-5-13(12)18)15-7-6-14-16-10(2)17-20-14/h4-5,8-9,15,18H,6-7H2,1-3H3. The van der Waals surface area contributed by atoms with Gasteiger partial charge in [-0.05, 0) is 32.0 Å². The van der Waals surface area contributed by atoms with E-state index in [1.807, 2.05) is 13.0 Å². The first-order chi connectivity index (χ1) is 9.60. The molecule has 0 spiro atoms. The van der Waals surface area contributed by atoms with Gasteiger partial charge in [0.05, 0.1) is 7.11 Å². The summed E-state index contributed by atoms with van der Waals surface area (Å²) in [6.45, 7) is 4.45. The van der Waals surface area contributed by atoms with Gasteiger partial charge in [-0.3, -0.25) is 0 Å². The van der Waals surface area contributed by atoms with Crippen molar-refractivity contribution in [3.63, 3.8) is 0 Å². The van der Waals surface area contributed by atoms with Gasteiger partial charge < -0.3 is 19.7 Å². The average molecular weight is 277 g/mol. The predicted molar refractivity (Wildman–Crippen MR) is 73.8 cm³/mol. The Balaban J connectivity index is 1.92. The topological polar surface area (TPSA) is 80.4 Å². The van der Waals surface area contributed by atoms with E-state index in [-0.39, 0.29) is 11.8 Å². The number of nitrogens with one attached hydrogen (secondary N) is 1. The van der Waals surface area contributed by atoms with Gasteiger partial charge in [0.2, 0.25) is 5.89 Å². The van der Waals surface area contributed by atoms with Crippen LogP contribution in [-0.4, -0.2) is 28.9 Å². The number of phenolic OH excluding ortho intramolecular Hbond substituents is 1. The lowest BCUT2D eigenvalue weighted by Gasteiger charge is -2.16. The number of aromatic hydroxyl groups is 1. The smallest absolute Gasteiger partial charge is 0.227 e. The van der Waals surface area contributed by atoms with Gasteiger partial charge in [-0.1, -0.05) is 5.16 Å². The number of benzene rings is 1. The van der Waals surface area contributed by atoms with E-state index < -0.39 is 0 Å². The Kier molecular flexibility index (Phi) is 4.57. The summed E-state index contributed by atoms with van der Waals surface area (Å²) in [4.78, 5) is 4.14. The van der Waals surface area contributed by atoms with E-state index in [0.717, 1.165) is 11.3 Å². The quantitative estimate of drug-likeness (QED) is 0.840. The van der Waals surface area contributed by atoms with E-state index in [4.69, 9.17) is 9.26 Å². The van der Waals surface area contributed by atoms with Crippen LogP contribution in [0.3, 0.4) is 0 Å². The molecule has 6 nitrogen and oxygen atoms in total. The van der Waals surface area contributed by atoms with E-state index in [2.05, 4.69) is 15.5 Å². The highest BCUT2D eigenvalue weighted by Crippen LogP contribution is 2.28. The molecule has 6 heteroatoms. The molecule has 1 aromatic carbocycles. The van der Waals surface area contributed by atoms with Gasteiger partial charge in [0.25, 0.3) is 0 Å². The highest BCUT2D eigenvalue weighted by Gasteiger charge is 2.12. The van der Waals surface area contributed by atoms with E-state index in [9.17, 15) is 5.11 Å². The monoisotopic (exact) mass is 277 g/mol. The molecule has 0 aliphatic rings. The van der Waals surface area contributed by atoms with Crippen LogP contribution in [0.15, 0.2) is 22.7 Å². The molecule has 1 unspecified atom stereocenters. The lowest BCUT2D eigenvalue weighted by atomic mass is 10.1. The summed E-state index contributed by atoms with van der Waals surface area (Å²) < 4.78 is 10.2. The Hall–Kier alpha value is -2.08. The van der Waals surface area contributed by atoms with Crippen molar-refractivity contribution >= 4 is 0 Å². The molecule has 0 amide bonds. The first kappa shape index (κ1) is 14.3. The van der Waals surface area contributed by atoms with Gasteiger partial charge in [-0.2, -0.15) is 4.98 Å². The fraction of sp³-hybridized carbons (Fsp3) is 0.429. The van der Waals surface area contributed by atoms with Crippen LogP contribution < -0.4 is 10.1 Å². The summed E-state index contributed by atoms with van der Waals surface area (Å²) in [5, 5.41) is 16.9. The van der Waals surface area contributed by atoms with E-state index >= 15 is 0 Å². The number of nitrogens with zero attached hydrogens (tertiary/aromatic N) is 2. The lowest BCUT2D eigenvalue weighted by molar-refractivity contribution is 0.369. The van der Waals surface area contributed by atoms with Crippen molar-refractivity contribution in [2.24, 2.45) is 0 Å². The fourth-order valence-corrected chi connectivity index (χ4v) is 1.95. The molecule has 2 aromatic rings. The molecule has 1 aromatic heterocycles. The molecule has 108 valence electrons. The Labute approximate surface area is 117 Å². The molecule has 0 fully saturated rings. The summed E-state index contributed by atoms with van der Waals surface area (Å²) in [6.07, 6.45) is 0.649. The third-order valence-electron chi connectivity index (χ3n) is 3.06. The molecule has 0 aliphatic heterocycles. The molecule has 2 rings (SSSR count).